The summed E-state index contributed by atoms with van der Waals surface area (Å²) < 4.78 is 24.4. The Morgan fingerprint density at radius 3 is 2.58 bits per heavy atom. The van der Waals surface area contributed by atoms with Crippen molar-refractivity contribution in [1.82, 2.24) is 0 Å². The van der Waals surface area contributed by atoms with Crippen molar-refractivity contribution in [3.63, 3.8) is 0 Å². The van der Waals surface area contributed by atoms with Gasteiger partial charge >= 0.3 is 5.69 Å². The highest BCUT2D eigenvalue weighted by Gasteiger charge is 2.16. The van der Waals surface area contributed by atoms with E-state index in [2.05, 4.69) is 4.90 Å². The summed E-state index contributed by atoms with van der Waals surface area (Å²) in [6, 6.07) is 13.9. The number of nitrogens with zero attached hydrogens (tertiary/aromatic N) is 2. The number of ether oxygens (including phenoxy) is 1. The van der Waals surface area contributed by atoms with Gasteiger partial charge in [0.25, 0.3) is 0 Å². The lowest BCUT2D eigenvalue weighted by molar-refractivity contribution is -0.386. The monoisotopic (exact) mass is 450 g/mol. The summed E-state index contributed by atoms with van der Waals surface area (Å²) in [6.45, 7) is 1.97. The molecule has 0 amide bonds. The molecule has 170 valence electrons. The maximum atomic E-state index is 13.4. The molecule has 0 atom stereocenters. The number of halogens is 1. The van der Waals surface area contributed by atoms with Crippen molar-refractivity contribution >= 4 is 23.2 Å². The molecule has 1 fully saturated rings. The lowest BCUT2D eigenvalue weighted by Gasteiger charge is -2.28. The third-order valence-corrected chi connectivity index (χ3v) is 5.44. The van der Waals surface area contributed by atoms with Crippen LogP contribution in [0.25, 0.3) is 6.08 Å². The number of hydrogen-bond acceptors (Lipinski definition) is 6. The molecule has 0 aliphatic carbocycles. The summed E-state index contributed by atoms with van der Waals surface area (Å²) in [7, 11) is 0. The number of anilines is 1. The van der Waals surface area contributed by atoms with Gasteiger partial charge in [-0.15, -0.1) is 0 Å². The van der Waals surface area contributed by atoms with Crippen molar-refractivity contribution in [2.24, 2.45) is 0 Å². The number of carbonyl (C=O) groups is 1. The van der Waals surface area contributed by atoms with Crippen LogP contribution >= 0.6 is 0 Å². The lowest BCUT2D eigenvalue weighted by atomic mass is 10.1. The molecule has 2 aromatic carbocycles. The number of ketones is 1. The highest BCUT2D eigenvalue weighted by Crippen LogP contribution is 2.28. The van der Waals surface area contributed by atoms with Crippen molar-refractivity contribution < 1.29 is 23.3 Å². The van der Waals surface area contributed by atoms with Gasteiger partial charge in [-0.3, -0.25) is 14.9 Å². The quantitative estimate of drug-likeness (QED) is 0.187. The molecule has 2 heterocycles. The third-order valence-electron chi connectivity index (χ3n) is 5.44. The predicted molar refractivity (Wildman–Crippen MR) is 122 cm³/mol. The number of rotatable bonds is 8. The third kappa shape index (κ3) is 5.65. The van der Waals surface area contributed by atoms with E-state index in [0.717, 1.165) is 37.0 Å². The van der Waals surface area contributed by atoms with Crippen LogP contribution in [-0.4, -0.2) is 23.8 Å². The standard InChI is InChI=1S/C25H23FN2O5/c26-19-6-12-23(28(30)31)25(16-19)32-17-22-10-9-21(33-22)11-13-24(29)18-4-7-20(8-5-18)27-14-2-1-3-15-27/h4-13,16H,1-3,14-15,17H2/b13-11+. The van der Waals surface area contributed by atoms with E-state index in [4.69, 9.17) is 9.15 Å². The molecule has 3 aromatic rings. The number of allylic oxidation sites excluding steroid dienone is 1. The molecule has 0 bridgehead atoms. The topological polar surface area (TPSA) is 85.8 Å². The van der Waals surface area contributed by atoms with E-state index in [-0.39, 0.29) is 23.8 Å². The van der Waals surface area contributed by atoms with Gasteiger partial charge in [-0.2, -0.15) is 0 Å². The first-order valence-electron chi connectivity index (χ1n) is 10.7. The Bertz CT molecular complexity index is 1160. The zero-order valence-electron chi connectivity index (χ0n) is 17.9. The van der Waals surface area contributed by atoms with Crippen LogP contribution in [0.3, 0.4) is 0 Å². The molecule has 0 N–H and O–H groups in total. The maximum absolute atomic E-state index is 13.4. The minimum absolute atomic E-state index is 0.121. The SMILES string of the molecule is O=C(/C=C/c1ccc(COc2cc(F)ccc2[N+](=O)[O-])o1)c1ccc(N2CCCCC2)cc1. The second-order valence-corrected chi connectivity index (χ2v) is 7.75. The minimum Gasteiger partial charge on any atom is -0.479 e. The second kappa shape index (κ2) is 10.1. The molecule has 8 heteroatoms. The molecular weight excluding hydrogens is 427 g/mol. The van der Waals surface area contributed by atoms with Crippen LogP contribution in [-0.2, 0) is 6.61 Å². The van der Waals surface area contributed by atoms with Crippen LogP contribution in [0.4, 0.5) is 15.8 Å². The number of furan rings is 1. The highest BCUT2D eigenvalue weighted by atomic mass is 19.1. The van der Waals surface area contributed by atoms with Crippen molar-refractivity contribution in [2.45, 2.75) is 25.9 Å². The zero-order valence-corrected chi connectivity index (χ0v) is 17.9. The largest absolute Gasteiger partial charge is 0.479 e. The Labute approximate surface area is 190 Å². The van der Waals surface area contributed by atoms with Gasteiger partial charge in [0.05, 0.1) is 4.92 Å². The van der Waals surface area contributed by atoms with E-state index in [9.17, 15) is 19.3 Å². The van der Waals surface area contributed by atoms with Gasteiger partial charge in [-0.1, -0.05) is 0 Å². The predicted octanol–water partition coefficient (Wildman–Crippen LogP) is 5.79. The first-order valence-corrected chi connectivity index (χ1v) is 10.7. The van der Waals surface area contributed by atoms with Gasteiger partial charge in [0.15, 0.2) is 11.5 Å². The summed E-state index contributed by atoms with van der Waals surface area (Å²) in [5, 5.41) is 11.0. The Hall–Kier alpha value is -3.94. The van der Waals surface area contributed by atoms with Crippen molar-refractivity contribution in [3.05, 3.63) is 93.7 Å². The van der Waals surface area contributed by atoms with E-state index < -0.39 is 10.7 Å². The smallest absolute Gasteiger partial charge is 0.311 e. The first kappa shape index (κ1) is 22.3. The summed E-state index contributed by atoms with van der Waals surface area (Å²) in [5.41, 5.74) is 1.38. The maximum Gasteiger partial charge on any atom is 0.311 e. The Morgan fingerprint density at radius 1 is 1.09 bits per heavy atom. The van der Waals surface area contributed by atoms with E-state index in [0.29, 0.717) is 17.1 Å². The molecule has 1 saturated heterocycles. The average Bonchev–Trinajstić information content (AvgIpc) is 3.29. The van der Waals surface area contributed by atoms with Gasteiger partial charge in [0, 0.05) is 36.5 Å². The van der Waals surface area contributed by atoms with E-state index in [1.165, 1.54) is 25.3 Å². The number of benzene rings is 2. The van der Waals surface area contributed by atoms with E-state index >= 15 is 0 Å². The highest BCUT2D eigenvalue weighted by molar-refractivity contribution is 6.06. The molecule has 0 saturated carbocycles. The van der Waals surface area contributed by atoms with Crippen LogP contribution in [0.15, 0.2) is 65.1 Å². The lowest BCUT2D eigenvalue weighted by Crippen LogP contribution is -2.29. The van der Waals surface area contributed by atoms with Crippen molar-refractivity contribution in [2.75, 3.05) is 18.0 Å². The number of piperidine rings is 1. The molecule has 1 aliphatic rings. The first-order chi connectivity index (χ1) is 16.0. The summed E-state index contributed by atoms with van der Waals surface area (Å²) in [4.78, 5) is 25.2. The fourth-order valence-corrected chi connectivity index (χ4v) is 3.71. The second-order valence-electron chi connectivity index (χ2n) is 7.75. The molecular formula is C25H23FN2O5. The molecule has 0 radical (unpaired) electrons. The van der Waals surface area contributed by atoms with Crippen molar-refractivity contribution in [1.29, 1.82) is 0 Å². The summed E-state index contributed by atoms with van der Waals surface area (Å²) >= 11 is 0. The van der Waals surface area contributed by atoms with Crippen LogP contribution in [0.2, 0.25) is 0 Å². The molecule has 1 aromatic heterocycles. The fraction of sp³-hybridized carbons (Fsp3) is 0.240. The summed E-state index contributed by atoms with van der Waals surface area (Å²) in [6.07, 6.45) is 6.63. The zero-order chi connectivity index (χ0) is 23.2. The average molecular weight is 450 g/mol. The van der Waals surface area contributed by atoms with Gasteiger partial charge in [-0.25, -0.2) is 4.39 Å². The molecule has 0 spiro atoms. The van der Waals surface area contributed by atoms with Gasteiger partial charge in [-0.05, 0) is 73.9 Å². The molecule has 7 nitrogen and oxygen atoms in total. The van der Waals surface area contributed by atoms with Crippen LogP contribution < -0.4 is 9.64 Å². The Balaban J connectivity index is 1.35. The minimum atomic E-state index is -0.643. The normalized spacial score (nSPS) is 13.9. The van der Waals surface area contributed by atoms with Crippen molar-refractivity contribution in [3.8, 4) is 5.75 Å². The van der Waals surface area contributed by atoms with Crippen LogP contribution in [0.5, 0.6) is 5.75 Å². The number of carbonyl (C=O) groups excluding carboxylic acids is 1. The van der Waals surface area contributed by atoms with Gasteiger partial charge in [0.1, 0.15) is 23.9 Å². The Morgan fingerprint density at radius 2 is 1.85 bits per heavy atom. The number of hydrogen-bond donors (Lipinski definition) is 0. The Kier molecular flexibility index (Phi) is 6.83. The van der Waals surface area contributed by atoms with Crippen LogP contribution in [0.1, 0.15) is 41.1 Å². The van der Waals surface area contributed by atoms with Crippen LogP contribution in [0, 0.1) is 15.9 Å². The molecule has 4 rings (SSSR count). The number of nitro groups is 1. The van der Waals surface area contributed by atoms with E-state index in [1.807, 2.05) is 24.3 Å². The summed E-state index contributed by atoms with van der Waals surface area (Å²) in [5.74, 6) is -0.158. The number of nitro benzene ring substituents is 1. The molecule has 33 heavy (non-hydrogen) atoms. The van der Waals surface area contributed by atoms with E-state index in [1.54, 1.807) is 18.2 Å². The molecule has 0 unspecified atom stereocenters. The fourth-order valence-electron chi connectivity index (χ4n) is 3.71. The van der Waals surface area contributed by atoms with Gasteiger partial charge < -0.3 is 14.1 Å². The van der Waals surface area contributed by atoms with Gasteiger partial charge in [0.2, 0.25) is 0 Å². The molecule has 1 aliphatic heterocycles.